The van der Waals surface area contributed by atoms with Gasteiger partial charge in [-0.3, -0.25) is 9.59 Å². The van der Waals surface area contributed by atoms with E-state index in [4.69, 9.17) is 4.74 Å². The summed E-state index contributed by atoms with van der Waals surface area (Å²) in [4.78, 5) is 23.6. The van der Waals surface area contributed by atoms with Gasteiger partial charge in [-0.25, -0.2) is 0 Å². The van der Waals surface area contributed by atoms with Gasteiger partial charge in [0.2, 0.25) is 0 Å². The van der Waals surface area contributed by atoms with E-state index < -0.39 is 0 Å². The smallest absolute Gasteiger partial charge is 0.163 e. The van der Waals surface area contributed by atoms with Gasteiger partial charge in [0.05, 0.1) is 13.5 Å². The number of ether oxygens (including phenoxy) is 1. The summed E-state index contributed by atoms with van der Waals surface area (Å²) >= 11 is 0. The van der Waals surface area contributed by atoms with Gasteiger partial charge in [-0.05, 0) is 48.1 Å². The van der Waals surface area contributed by atoms with E-state index in [0.717, 1.165) is 5.69 Å². The summed E-state index contributed by atoms with van der Waals surface area (Å²) in [7, 11) is 3.34. The molecule has 0 saturated carbocycles. The van der Waals surface area contributed by atoms with Crippen molar-refractivity contribution in [3.8, 4) is 11.5 Å². The van der Waals surface area contributed by atoms with Crippen LogP contribution in [0.1, 0.15) is 17.7 Å². The fourth-order valence-corrected chi connectivity index (χ4v) is 2.12. The first-order valence-electron chi connectivity index (χ1n) is 7.40. The van der Waals surface area contributed by atoms with Crippen molar-refractivity contribution in [2.45, 2.75) is 6.42 Å². The highest BCUT2D eigenvalue weighted by Gasteiger charge is 2.05. The summed E-state index contributed by atoms with van der Waals surface area (Å²) in [5.41, 5.74) is 1.54. The molecule has 1 heterocycles. The normalized spacial score (nSPS) is 11.2. The molecule has 0 aliphatic rings. The highest BCUT2D eigenvalue weighted by molar-refractivity contribution is 6.10. The summed E-state index contributed by atoms with van der Waals surface area (Å²) < 4.78 is 6.83. The molecular formula is C19H19NO4. The van der Waals surface area contributed by atoms with E-state index in [2.05, 4.69) is 0 Å². The van der Waals surface area contributed by atoms with Gasteiger partial charge in [0.1, 0.15) is 0 Å². The molecule has 0 unspecified atom stereocenters. The van der Waals surface area contributed by atoms with Gasteiger partial charge in [0, 0.05) is 18.9 Å². The maximum atomic E-state index is 11.8. The molecule has 0 bridgehead atoms. The van der Waals surface area contributed by atoms with Crippen LogP contribution in [0.3, 0.4) is 0 Å². The molecule has 0 saturated heterocycles. The molecule has 0 amide bonds. The number of carbonyl (C=O) groups is 2. The number of methoxy groups -OCH3 is 1. The molecule has 1 N–H and O–H groups in total. The van der Waals surface area contributed by atoms with E-state index in [-0.39, 0.29) is 23.7 Å². The molecule has 5 heteroatoms. The zero-order valence-corrected chi connectivity index (χ0v) is 13.6. The van der Waals surface area contributed by atoms with Crippen LogP contribution in [0.15, 0.2) is 48.7 Å². The van der Waals surface area contributed by atoms with Crippen LogP contribution in [0.2, 0.25) is 0 Å². The number of aromatic hydroxyl groups is 1. The number of aryl methyl sites for hydroxylation is 1. The van der Waals surface area contributed by atoms with Crippen LogP contribution in [-0.2, 0) is 16.6 Å². The fraction of sp³-hybridized carbons (Fsp3) is 0.158. The Morgan fingerprint density at radius 1 is 1.17 bits per heavy atom. The molecule has 1 aromatic carbocycles. The molecule has 24 heavy (non-hydrogen) atoms. The molecule has 0 aliphatic heterocycles. The van der Waals surface area contributed by atoms with Crippen LogP contribution >= 0.6 is 0 Å². The number of nitrogens with zero attached hydrogens (tertiary/aromatic N) is 1. The largest absolute Gasteiger partial charge is 0.504 e. The fourth-order valence-electron chi connectivity index (χ4n) is 2.12. The molecule has 2 rings (SSSR count). The van der Waals surface area contributed by atoms with Crippen LogP contribution < -0.4 is 4.74 Å². The molecule has 124 valence electrons. The first-order chi connectivity index (χ1) is 11.5. The van der Waals surface area contributed by atoms with Gasteiger partial charge < -0.3 is 14.4 Å². The summed E-state index contributed by atoms with van der Waals surface area (Å²) in [6.45, 7) is 0. The van der Waals surface area contributed by atoms with Crippen molar-refractivity contribution in [1.82, 2.24) is 4.57 Å². The summed E-state index contributed by atoms with van der Waals surface area (Å²) in [6.07, 6.45) is 7.65. The molecule has 0 atom stereocenters. The maximum absolute atomic E-state index is 11.8. The Bertz CT molecular complexity index is 799. The zero-order valence-electron chi connectivity index (χ0n) is 13.6. The van der Waals surface area contributed by atoms with Crippen molar-refractivity contribution in [1.29, 1.82) is 0 Å². The van der Waals surface area contributed by atoms with Gasteiger partial charge in [-0.2, -0.15) is 0 Å². The van der Waals surface area contributed by atoms with E-state index in [0.29, 0.717) is 11.3 Å². The molecule has 0 fully saturated rings. The minimum Gasteiger partial charge on any atom is -0.504 e. The van der Waals surface area contributed by atoms with E-state index in [1.807, 2.05) is 29.9 Å². The molecule has 0 spiro atoms. The van der Waals surface area contributed by atoms with Crippen molar-refractivity contribution in [3.05, 3.63) is 59.9 Å². The minimum atomic E-state index is -0.299. The Morgan fingerprint density at radius 2 is 1.88 bits per heavy atom. The Balaban J connectivity index is 1.92. The van der Waals surface area contributed by atoms with Gasteiger partial charge in [-0.15, -0.1) is 0 Å². The van der Waals surface area contributed by atoms with Crippen molar-refractivity contribution in [2.24, 2.45) is 7.05 Å². The molecule has 0 radical (unpaired) electrons. The second-order valence-electron chi connectivity index (χ2n) is 5.25. The first-order valence-corrected chi connectivity index (χ1v) is 7.40. The Morgan fingerprint density at radius 3 is 2.46 bits per heavy atom. The average Bonchev–Trinajstić information content (AvgIpc) is 2.96. The number of rotatable bonds is 7. The number of aromatic nitrogens is 1. The predicted octanol–water partition coefficient (Wildman–Crippen LogP) is 2.99. The van der Waals surface area contributed by atoms with E-state index in [1.54, 1.807) is 24.3 Å². The van der Waals surface area contributed by atoms with Crippen LogP contribution in [0, 0.1) is 0 Å². The lowest BCUT2D eigenvalue weighted by atomic mass is 10.1. The molecular weight excluding hydrogens is 306 g/mol. The highest BCUT2D eigenvalue weighted by Crippen LogP contribution is 2.26. The molecule has 5 nitrogen and oxygen atoms in total. The number of ketones is 2. The Labute approximate surface area is 140 Å². The third kappa shape index (κ3) is 4.71. The van der Waals surface area contributed by atoms with Gasteiger partial charge in [-0.1, -0.05) is 12.1 Å². The minimum absolute atomic E-state index is 0.00586. The van der Waals surface area contributed by atoms with E-state index in [1.165, 1.54) is 25.3 Å². The lowest BCUT2D eigenvalue weighted by molar-refractivity contribution is -0.121. The third-order valence-corrected chi connectivity index (χ3v) is 3.44. The topological polar surface area (TPSA) is 68.5 Å². The van der Waals surface area contributed by atoms with Crippen LogP contribution in [0.4, 0.5) is 0 Å². The highest BCUT2D eigenvalue weighted by atomic mass is 16.5. The van der Waals surface area contributed by atoms with Crippen LogP contribution in [-0.4, -0.2) is 28.3 Å². The molecule has 1 aromatic heterocycles. The van der Waals surface area contributed by atoms with Crippen LogP contribution in [0.5, 0.6) is 11.5 Å². The van der Waals surface area contributed by atoms with Crippen molar-refractivity contribution in [3.63, 3.8) is 0 Å². The molecule has 2 aromatic rings. The number of allylic oxidation sites excluding steroid dienone is 2. The number of carbonyl (C=O) groups excluding carboxylic acids is 2. The number of hydrogen-bond donors (Lipinski definition) is 1. The third-order valence-electron chi connectivity index (χ3n) is 3.44. The van der Waals surface area contributed by atoms with E-state index >= 15 is 0 Å². The van der Waals surface area contributed by atoms with Gasteiger partial charge in [0.15, 0.2) is 23.1 Å². The van der Waals surface area contributed by atoms with E-state index in [9.17, 15) is 14.7 Å². The van der Waals surface area contributed by atoms with Gasteiger partial charge >= 0.3 is 0 Å². The maximum Gasteiger partial charge on any atom is 0.163 e. The SMILES string of the molecule is COc1ccc(/C=C/C(=O)CC(=O)/C=C/c2cccn2C)cc1O. The van der Waals surface area contributed by atoms with Crippen molar-refractivity contribution >= 4 is 23.7 Å². The Kier molecular flexibility index (Phi) is 5.73. The quantitative estimate of drug-likeness (QED) is 0.628. The van der Waals surface area contributed by atoms with Crippen LogP contribution in [0.25, 0.3) is 12.2 Å². The summed E-state index contributed by atoms with van der Waals surface area (Å²) in [5.74, 6) is -0.205. The van der Waals surface area contributed by atoms with Gasteiger partial charge in [0.25, 0.3) is 0 Å². The summed E-state index contributed by atoms with van der Waals surface area (Å²) in [6, 6.07) is 8.55. The summed E-state index contributed by atoms with van der Waals surface area (Å²) in [5, 5.41) is 9.68. The van der Waals surface area contributed by atoms with Crippen molar-refractivity contribution < 1.29 is 19.4 Å². The zero-order chi connectivity index (χ0) is 17.5. The lowest BCUT2D eigenvalue weighted by Crippen LogP contribution is -2.02. The second kappa shape index (κ2) is 7.97. The Hall–Kier alpha value is -3.08. The number of phenols is 1. The first kappa shape index (κ1) is 17.3. The lowest BCUT2D eigenvalue weighted by Gasteiger charge is -2.03. The average molecular weight is 325 g/mol. The number of benzene rings is 1. The predicted molar refractivity (Wildman–Crippen MR) is 92.8 cm³/mol. The second-order valence-corrected chi connectivity index (χ2v) is 5.25. The number of phenolic OH excluding ortho intramolecular Hbond substituents is 1. The standard InChI is InChI=1S/C19H19NO4/c1-20-11-3-4-15(20)7-9-17(22)13-16(21)8-5-14-6-10-19(24-2)18(23)12-14/h3-12,23H,13H2,1-2H3/b8-5+,9-7+. The molecule has 0 aliphatic carbocycles. The van der Waals surface area contributed by atoms with Crippen molar-refractivity contribution in [2.75, 3.05) is 7.11 Å². The monoisotopic (exact) mass is 325 g/mol. The number of hydrogen-bond acceptors (Lipinski definition) is 4.